The number of aliphatic imine (C=N–C) groups is 1. The zero-order valence-electron chi connectivity index (χ0n) is 17.7. The van der Waals surface area contributed by atoms with Gasteiger partial charge in [0.25, 0.3) is 0 Å². The minimum absolute atomic E-state index is 0. The van der Waals surface area contributed by atoms with Crippen LogP contribution in [0.25, 0.3) is 11.0 Å². The number of fused-ring (bicyclic) bond motifs is 1. The lowest BCUT2D eigenvalue weighted by molar-refractivity contribution is 0.113. The number of aryl methyl sites for hydroxylation is 1. The van der Waals surface area contributed by atoms with E-state index in [2.05, 4.69) is 32.5 Å². The highest BCUT2D eigenvalue weighted by atomic mass is 127. The maximum absolute atomic E-state index is 5.98. The molecule has 1 aliphatic heterocycles. The number of benzene rings is 1. The maximum Gasteiger partial charge on any atom is 0.194 e. The van der Waals surface area contributed by atoms with Gasteiger partial charge < -0.3 is 23.9 Å². The van der Waals surface area contributed by atoms with Crippen molar-refractivity contribution in [2.45, 2.75) is 39.0 Å². The summed E-state index contributed by atoms with van der Waals surface area (Å²) in [6, 6.07) is 10.1. The second-order valence-electron chi connectivity index (χ2n) is 7.48. The minimum Gasteiger partial charge on any atom is -0.459 e. The zero-order valence-corrected chi connectivity index (χ0v) is 20.0. The monoisotopic (exact) mass is 524 g/mol. The third kappa shape index (κ3) is 5.31. The topological polar surface area (TPSA) is 80.7 Å². The van der Waals surface area contributed by atoms with Crippen molar-refractivity contribution in [3.8, 4) is 0 Å². The number of hydrogen-bond acceptors (Lipinski definition) is 5. The molecule has 162 valence electrons. The molecule has 3 aromatic rings. The highest BCUT2D eigenvalue weighted by Gasteiger charge is 2.18. The highest BCUT2D eigenvalue weighted by molar-refractivity contribution is 14.0. The standard InChI is InChI=1S/C21H28N6O2.HI/c1-15-24-25-20(27(15)3)13-23-21(22-12-17-8-6-10-28-17)26(2)14-18-11-16-7-4-5-9-19(16)29-18;/h4-5,7,9,11,17H,6,8,10,12-14H2,1-3H3,(H,22,23);1H. The number of halogens is 1. The van der Waals surface area contributed by atoms with Gasteiger partial charge in [0, 0.05) is 32.6 Å². The molecule has 0 saturated carbocycles. The summed E-state index contributed by atoms with van der Waals surface area (Å²) < 4.78 is 13.7. The van der Waals surface area contributed by atoms with Gasteiger partial charge in [-0.2, -0.15) is 0 Å². The van der Waals surface area contributed by atoms with E-state index in [0.29, 0.717) is 13.1 Å². The number of aromatic nitrogens is 3. The van der Waals surface area contributed by atoms with E-state index < -0.39 is 0 Å². The van der Waals surface area contributed by atoms with Gasteiger partial charge in [-0.05, 0) is 31.9 Å². The van der Waals surface area contributed by atoms with Crippen LogP contribution in [0.5, 0.6) is 0 Å². The number of ether oxygens (including phenoxy) is 1. The van der Waals surface area contributed by atoms with E-state index in [-0.39, 0.29) is 30.1 Å². The largest absolute Gasteiger partial charge is 0.459 e. The summed E-state index contributed by atoms with van der Waals surface area (Å²) in [7, 11) is 3.97. The zero-order chi connectivity index (χ0) is 20.2. The fraction of sp³-hybridized carbons (Fsp3) is 0.476. The van der Waals surface area contributed by atoms with Gasteiger partial charge in [0.05, 0.1) is 12.6 Å². The highest BCUT2D eigenvalue weighted by Crippen LogP contribution is 2.20. The summed E-state index contributed by atoms with van der Waals surface area (Å²) in [4.78, 5) is 6.86. The summed E-state index contributed by atoms with van der Waals surface area (Å²) in [5.74, 6) is 3.40. The lowest BCUT2D eigenvalue weighted by Crippen LogP contribution is -2.42. The van der Waals surface area contributed by atoms with Crippen LogP contribution < -0.4 is 5.32 Å². The van der Waals surface area contributed by atoms with Crippen molar-refractivity contribution < 1.29 is 9.15 Å². The molecule has 1 unspecified atom stereocenters. The van der Waals surface area contributed by atoms with E-state index in [4.69, 9.17) is 14.1 Å². The molecule has 8 nitrogen and oxygen atoms in total. The van der Waals surface area contributed by atoms with Crippen LogP contribution in [-0.4, -0.2) is 51.9 Å². The van der Waals surface area contributed by atoms with Gasteiger partial charge in [-0.1, -0.05) is 18.2 Å². The van der Waals surface area contributed by atoms with Gasteiger partial charge in [-0.25, -0.2) is 4.99 Å². The van der Waals surface area contributed by atoms with Crippen molar-refractivity contribution in [2.24, 2.45) is 12.0 Å². The summed E-state index contributed by atoms with van der Waals surface area (Å²) in [5, 5.41) is 12.9. The van der Waals surface area contributed by atoms with Gasteiger partial charge in [0.2, 0.25) is 0 Å². The van der Waals surface area contributed by atoms with Crippen molar-refractivity contribution in [1.82, 2.24) is 25.0 Å². The molecule has 0 spiro atoms. The van der Waals surface area contributed by atoms with Gasteiger partial charge in [0.1, 0.15) is 23.7 Å². The molecule has 1 fully saturated rings. The summed E-state index contributed by atoms with van der Waals surface area (Å²) in [5.41, 5.74) is 0.899. The Labute approximate surface area is 193 Å². The van der Waals surface area contributed by atoms with Crippen molar-refractivity contribution >= 4 is 40.9 Å². The van der Waals surface area contributed by atoms with E-state index in [0.717, 1.165) is 60.3 Å². The Morgan fingerprint density at radius 2 is 2.17 bits per heavy atom. The van der Waals surface area contributed by atoms with Crippen LogP contribution in [0.15, 0.2) is 39.7 Å². The molecule has 4 rings (SSSR count). The summed E-state index contributed by atoms with van der Waals surface area (Å²) in [6.07, 6.45) is 2.43. The average Bonchev–Trinajstić information content (AvgIpc) is 3.44. The molecule has 0 radical (unpaired) electrons. The molecule has 2 aromatic heterocycles. The first kappa shape index (κ1) is 22.5. The van der Waals surface area contributed by atoms with Crippen molar-refractivity contribution in [3.63, 3.8) is 0 Å². The quantitative estimate of drug-likeness (QED) is 0.303. The fourth-order valence-electron chi connectivity index (χ4n) is 3.48. The van der Waals surface area contributed by atoms with Crippen LogP contribution in [-0.2, 0) is 24.9 Å². The van der Waals surface area contributed by atoms with Crippen LogP contribution in [0.3, 0.4) is 0 Å². The van der Waals surface area contributed by atoms with Crippen LogP contribution in [0.4, 0.5) is 0 Å². The lowest BCUT2D eigenvalue weighted by atomic mass is 10.2. The molecule has 3 heterocycles. The Morgan fingerprint density at radius 3 is 2.87 bits per heavy atom. The molecule has 1 atom stereocenters. The predicted octanol–water partition coefficient (Wildman–Crippen LogP) is 3.24. The van der Waals surface area contributed by atoms with Gasteiger partial charge in [0.15, 0.2) is 11.8 Å². The first-order valence-electron chi connectivity index (χ1n) is 10.0. The van der Waals surface area contributed by atoms with Crippen LogP contribution in [0.1, 0.15) is 30.3 Å². The lowest BCUT2D eigenvalue weighted by Gasteiger charge is -2.23. The molecule has 0 bridgehead atoms. The van der Waals surface area contributed by atoms with Crippen LogP contribution in [0.2, 0.25) is 0 Å². The second-order valence-corrected chi connectivity index (χ2v) is 7.48. The maximum atomic E-state index is 5.98. The third-order valence-corrected chi connectivity index (χ3v) is 5.30. The number of nitrogens with zero attached hydrogens (tertiary/aromatic N) is 5. The van der Waals surface area contributed by atoms with Crippen molar-refractivity contribution in [3.05, 3.63) is 47.7 Å². The number of guanidine groups is 1. The number of para-hydroxylation sites is 1. The number of furan rings is 1. The fourth-order valence-corrected chi connectivity index (χ4v) is 3.48. The van der Waals surface area contributed by atoms with E-state index in [9.17, 15) is 0 Å². The van der Waals surface area contributed by atoms with Crippen molar-refractivity contribution in [1.29, 1.82) is 0 Å². The Hall–Kier alpha value is -2.14. The van der Waals surface area contributed by atoms with E-state index in [1.54, 1.807) is 0 Å². The van der Waals surface area contributed by atoms with Crippen molar-refractivity contribution in [2.75, 3.05) is 20.2 Å². The summed E-state index contributed by atoms with van der Waals surface area (Å²) >= 11 is 0. The molecule has 1 saturated heterocycles. The van der Waals surface area contributed by atoms with Gasteiger partial charge in [-0.3, -0.25) is 0 Å². The van der Waals surface area contributed by atoms with Gasteiger partial charge in [-0.15, -0.1) is 34.2 Å². The van der Waals surface area contributed by atoms with E-state index in [1.165, 1.54) is 0 Å². The normalized spacial score (nSPS) is 16.6. The summed E-state index contributed by atoms with van der Waals surface area (Å²) in [6.45, 7) is 4.58. The molecular weight excluding hydrogens is 495 g/mol. The number of hydrogen-bond donors (Lipinski definition) is 1. The molecule has 1 aliphatic rings. The molecule has 30 heavy (non-hydrogen) atoms. The first-order chi connectivity index (χ1) is 14.1. The number of nitrogens with one attached hydrogen (secondary N) is 1. The van der Waals surface area contributed by atoms with E-state index >= 15 is 0 Å². The average molecular weight is 524 g/mol. The van der Waals surface area contributed by atoms with Gasteiger partial charge >= 0.3 is 0 Å². The van der Waals surface area contributed by atoms with Crippen LogP contribution >= 0.6 is 24.0 Å². The Balaban J connectivity index is 0.00000256. The number of rotatable bonds is 6. The molecule has 1 aromatic carbocycles. The Bertz CT molecular complexity index is 959. The minimum atomic E-state index is 0. The molecule has 0 amide bonds. The second kappa shape index (κ2) is 10.3. The third-order valence-electron chi connectivity index (χ3n) is 5.30. The Kier molecular flexibility index (Phi) is 7.70. The SMILES string of the molecule is Cc1nnc(CN=C(NCC2CCCO2)N(C)Cc2cc3ccccc3o2)n1C.I. The predicted molar refractivity (Wildman–Crippen MR) is 127 cm³/mol. The molecule has 0 aliphatic carbocycles. The smallest absolute Gasteiger partial charge is 0.194 e. The first-order valence-corrected chi connectivity index (χ1v) is 10.0. The Morgan fingerprint density at radius 1 is 1.33 bits per heavy atom. The molecular formula is C21H29IN6O2. The molecule has 1 N–H and O–H groups in total. The van der Waals surface area contributed by atoms with Crippen LogP contribution in [0, 0.1) is 6.92 Å². The van der Waals surface area contributed by atoms with E-state index in [1.807, 2.05) is 43.8 Å². The molecule has 9 heteroatoms.